The number of ether oxygens (including phenoxy) is 1. The van der Waals surface area contributed by atoms with Crippen LogP contribution in [0.2, 0.25) is 0 Å². The van der Waals surface area contributed by atoms with Gasteiger partial charge in [0.1, 0.15) is 5.75 Å². The molecule has 1 N–H and O–H groups in total. The van der Waals surface area contributed by atoms with Gasteiger partial charge in [0.25, 0.3) is 0 Å². The summed E-state index contributed by atoms with van der Waals surface area (Å²) >= 11 is 1.89. The van der Waals surface area contributed by atoms with Gasteiger partial charge in [-0.05, 0) is 63.1 Å². The van der Waals surface area contributed by atoms with Gasteiger partial charge >= 0.3 is 0 Å². The smallest absolute Gasteiger partial charge is 0.119 e. The second-order valence-electron chi connectivity index (χ2n) is 5.28. The standard InChI is InChI=1S/C18H25NOS/c1-5-11-19-18(17-12-13(3)14(4)21-17)15-7-9-16(10-8-15)20-6-2/h7-10,12,18-19H,5-6,11H2,1-4H3. The third-order valence-corrected chi connectivity index (χ3v) is 4.81. The Hall–Kier alpha value is -1.32. The second kappa shape index (κ2) is 7.62. The van der Waals surface area contributed by atoms with Crippen molar-refractivity contribution in [3.63, 3.8) is 0 Å². The Labute approximate surface area is 132 Å². The molecule has 0 bridgehead atoms. The van der Waals surface area contributed by atoms with E-state index in [-0.39, 0.29) is 6.04 Å². The lowest BCUT2D eigenvalue weighted by Gasteiger charge is -2.18. The fourth-order valence-corrected chi connectivity index (χ4v) is 3.49. The average Bonchev–Trinajstić information content (AvgIpc) is 2.81. The van der Waals surface area contributed by atoms with Crippen LogP contribution in [0.5, 0.6) is 5.75 Å². The lowest BCUT2D eigenvalue weighted by Crippen LogP contribution is -2.22. The van der Waals surface area contributed by atoms with E-state index in [1.54, 1.807) is 0 Å². The van der Waals surface area contributed by atoms with E-state index in [1.165, 1.54) is 20.9 Å². The molecule has 21 heavy (non-hydrogen) atoms. The van der Waals surface area contributed by atoms with Crippen LogP contribution >= 0.6 is 11.3 Å². The van der Waals surface area contributed by atoms with E-state index in [2.05, 4.69) is 56.4 Å². The topological polar surface area (TPSA) is 21.3 Å². The van der Waals surface area contributed by atoms with E-state index in [1.807, 2.05) is 18.3 Å². The zero-order valence-corrected chi connectivity index (χ0v) is 14.2. The molecule has 0 radical (unpaired) electrons. The van der Waals surface area contributed by atoms with Crippen LogP contribution in [0.25, 0.3) is 0 Å². The van der Waals surface area contributed by atoms with Gasteiger partial charge in [0.2, 0.25) is 0 Å². The Balaban J connectivity index is 2.26. The fraction of sp³-hybridized carbons (Fsp3) is 0.444. The lowest BCUT2D eigenvalue weighted by molar-refractivity contribution is 0.340. The molecule has 2 rings (SSSR count). The summed E-state index contributed by atoms with van der Waals surface area (Å²) in [6.45, 7) is 10.3. The van der Waals surface area contributed by atoms with Crippen LogP contribution in [0, 0.1) is 13.8 Å². The fourth-order valence-electron chi connectivity index (χ4n) is 2.34. The van der Waals surface area contributed by atoms with Gasteiger partial charge in [-0.2, -0.15) is 0 Å². The first kappa shape index (κ1) is 16.1. The maximum atomic E-state index is 5.53. The molecule has 1 unspecified atom stereocenters. The third-order valence-electron chi connectivity index (χ3n) is 3.59. The van der Waals surface area contributed by atoms with Crippen LogP contribution in [0.1, 0.15) is 47.2 Å². The summed E-state index contributed by atoms with van der Waals surface area (Å²) < 4.78 is 5.53. The first-order valence-electron chi connectivity index (χ1n) is 7.68. The van der Waals surface area contributed by atoms with Gasteiger partial charge in [-0.25, -0.2) is 0 Å². The van der Waals surface area contributed by atoms with Gasteiger partial charge in [-0.15, -0.1) is 11.3 Å². The maximum Gasteiger partial charge on any atom is 0.119 e. The summed E-state index contributed by atoms with van der Waals surface area (Å²) in [6.07, 6.45) is 1.14. The van der Waals surface area contributed by atoms with E-state index in [4.69, 9.17) is 4.74 Å². The summed E-state index contributed by atoms with van der Waals surface area (Å²) in [6, 6.07) is 11.0. The molecule has 0 saturated carbocycles. The van der Waals surface area contributed by atoms with Gasteiger partial charge in [-0.1, -0.05) is 19.1 Å². The summed E-state index contributed by atoms with van der Waals surface area (Å²) in [5.41, 5.74) is 2.68. The van der Waals surface area contributed by atoms with E-state index >= 15 is 0 Å². The number of hydrogen-bond acceptors (Lipinski definition) is 3. The van der Waals surface area contributed by atoms with Crippen molar-refractivity contribution < 1.29 is 4.74 Å². The van der Waals surface area contributed by atoms with Crippen molar-refractivity contribution in [1.82, 2.24) is 5.32 Å². The molecular weight excluding hydrogens is 278 g/mol. The Morgan fingerprint density at radius 3 is 2.38 bits per heavy atom. The van der Waals surface area contributed by atoms with Crippen LogP contribution in [0.15, 0.2) is 30.3 Å². The van der Waals surface area contributed by atoms with Crippen molar-refractivity contribution in [3.05, 3.63) is 51.2 Å². The largest absolute Gasteiger partial charge is 0.494 e. The van der Waals surface area contributed by atoms with E-state index in [9.17, 15) is 0 Å². The third kappa shape index (κ3) is 4.08. The Bertz CT molecular complexity index is 540. The van der Waals surface area contributed by atoms with Crippen molar-refractivity contribution in [2.75, 3.05) is 13.2 Å². The molecule has 1 aromatic carbocycles. The van der Waals surface area contributed by atoms with Crippen molar-refractivity contribution in [2.45, 2.75) is 40.2 Å². The summed E-state index contributed by atoms with van der Waals surface area (Å²) in [5.74, 6) is 0.939. The van der Waals surface area contributed by atoms with Gasteiger partial charge in [-0.3, -0.25) is 0 Å². The molecular formula is C18H25NOS. The molecule has 0 amide bonds. The Morgan fingerprint density at radius 2 is 1.86 bits per heavy atom. The van der Waals surface area contributed by atoms with Crippen molar-refractivity contribution >= 4 is 11.3 Å². The molecule has 114 valence electrons. The zero-order valence-electron chi connectivity index (χ0n) is 13.4. The highest BCUT2D eigenvalue weighted by Crippen LogP contribution is 2.31. The van der Waals surface area contributed by atoms with Crippen molar-refractivity contribution in [2.24, 2.45) is 0 Å². The molecule has 1 heterocycles. The first-order chi connectivity index (χ1) is 10.2. The number of aryl methyl sites for hydroxylation is 2. The van der Waals surface area contributed by atoms with Gasteiger partial charge in [0, 0.05) is 9.75 Å². The number of hydrogen-bond donors (Lipinski definition) is 1. The van der Waals surface area contributed by atoms with E-state index in [0.29, 0.717) is 6.61 Å². The molecule has 1 atom stereocenters. The molecule has 2 aromatic rings. The van der Waals surface area contributed by atoms with Crippen LogP contribution in [-0.4, -0.2) is 13.2 Å². The molecule has 0 aliphatic rings. The highest BCUT2D eigenvalue weighted by atomic mass is 32.1. The SMILES string of the molecule is CCCNC(c1ccc(OCC)cc1)c1cc(C)c(C)s1. The van der Waals surface area contributed by atoms with Crippen LogP contribution in [-0.2, 0) is 0 Å². The molecule has 1 aromatic heterocycles. The predicted molar refractivity (Wildman–Crippen MR) is 91.5 cm³/mol. The summed E-state index contributed by atoms with van der Waals surface area (Å²) in [7, 11) is 0. The van der Waals surface area contributed by atoms with Crippen LogP contribution in [0.3, 0.4) is 0 Å². The predicted octanol–water partition coefficient (Wildman–Crippen LogP) is 4.85. The number of rotatable bonds is 7. The molecule has 0 aliphatic carbocycles. The summed E-state index contributed by atoms with van der Waals surface area (Å²) in [5, 5.41) is 3.66. The van der Waals surface area contributed by atoms with Crippen LogP contribution < -0.4 is 10.1 Å². The highest BCUT2D eigenvalue weighted by molar-refractivity contribution is 7.12. The molecule has 0 fully saturated rings. The van der Waals surface area contributed by atoms with Gasteiger partial charge in [0.15, 0.2) is 0 Å². The minimum absolute atomic E-state index is 0.276. The van der Waals surface area contributed by atoms with E-state index in [0.717, 1.165) is 18.7 Å². The molecule has 0 aliphatic heterocycles. The molecule has 0 saturated heterocycles. The number of thiophene rings is 1. The first-order valence-corrected chi connectivity index (χ1v) is 8.50. The maximum absolute atomic E-state index is 5.53. The average molecular weight is 303 g/mol. The van der Waals surface area contributed by atoms with E-state index < -0.39 is 0 Å². The zero-order chi connectivity index (χ0) is 15.2. The van der Waals surface area contributed by atoms with Gasteiger partial charge in [0.05, 0.1) is 12.6 Å². The molecule has 0 spiro atoms. The van der Waals surface area contributed by atoms with Crippen LogP contribution in [0.4, 0.5) is 0 Å². The normalized spacial score (nSPS) is 12.4. The molecule has 2 nitrogen and oxygen atoms in total. The lowest BCUT2D eigenvalue weighted by atomic mass is 10.0. The highest BCUT2D eigenvalue weighted by Gasteiger charge is 2.16. The van der Waals surface area contributed by atoms with Gasteiger partial charge < -0.3 is 10.1 Å². The summed E-state index contributed by atoms with van der Waals surface area (Å²) in [4.78, 5) is 2.79. The van der Waals surface area contributed by atoms with Crippen molar-refractivity contribution in [3.8, 4) is 5.75 Å². The number of benzene rings is 1. The Kier molecular flexibility index (Phi) is 5.83. The number of nitrogens with one attached hydrogen (secondary N) is 1. The molecule has 3 heteroatoms. The minimum atomic E-state index is 0.276. The Morgan fingerprint density at radius 1 is 1.14 bits per heavy atom. The minimum Gasteiger partial charge on any atom is -0.494 e. The second-order valence-corrected chi connectivity index (χ2v) is 6.57. The monoisotopic (exact) mass is 303 g/mol. The van der Waals surface area contributed by atoms with Crippen molar-refractivity contribution in [1.29, 1.82) is 0 Å². The quantitative estimate of drug-likeness (QED) is 0.789.